The van der Waals surface area contributed by atoms with Crippen LogP contribution < -0.4 is 10.2 Å². The number of benzene rings is 1. The minimum atomic E-state index is -3.63. The Morgan fingerprint density at radius 3 is 2.42 bits per heavy atom. The van der Waals surface area contributed by atoms with E-state index in [-0.39, 0.29) is 17.3 Å². The summed E-state index contributed by atoms with van der Waals surface area (Å²) in [7, 11) is -3.63. The number of hydrogen-bond acceptors (Lipinski definition) is 5. The van der Waals surface area contributed by atoms with Crippen molar-refractivity contribution >= 4 is 39.2 Å². The summed E-state index contributed by atoms with van der Waals surface area (Å²) in [5, 5.41) is 4.18. The average molecular weight is 393 g/mol. The highest BCUT2D eigenvalue weighted by Gasteiger charge is 2.22. The summed E-state index contributed by atoms with van der Waals surface area (Å²) in [6.07, 6.45) is 3.30. The lowest BCUT2D eigenvalue weighted by atomic mass is 10.2. The maximum absolute atomic E-state index is 13.0. The van der Waals surface area contributed by atoms with Crippen molar-refractivity contribution in [2.45, 2.75) is 11.8 Å². The third-order valence-corrected chi connectivity index (χ3v) is 6.26. The van der Waals surface area contributed by atoms with Crippen molar-refractivity contribution in [3.8, 4) is 0 Å². The predicted molar refractivity (Wildman–Crippen MR) is 106 cm³/mol. The number of rotatable bonds is 3. The molecule has 0 bridgehead atoms. The standard InChI is InChI=1S/C18H20N4O2S.ClH/c1-14-2-4-15(5-3-14)25(23,24)22-11-7-16-17(22)6-8-20-18(16)21-12-9-19-10-13-21;/h2-8,11,19H,9-10,12-13H2,1H3;1H. The van der Waals surface area contributed by atoms with Crippen LogP contribution in [0.25, 0.3) is 10.9 Å². The molecule has 1 aliphatic rings. The molecule has 1 N–H and O–H groups in total. The van der Waals surface area contributed by atoms with Crippen molar-refractivity contribution in [1.82, 2.24) is 14.3 Å². The number of anilines is 1. The molecule has 0 aliphatic carbocycles. The van der Waals surface area contributed by atoms with E-state index in [1.54, 1.807) is 30.6 Å². The minimum Gasteiger partial charge on any atom is -0.354 e. The number of nitrogens with one attached hydrogen (secondary N) is 1. The number of fused-ring (bicyclic) bond motifs is 1. The van der Waals surface area contributed by atoms with E-state index < -0.39 is 10.0 Å². The van der Waals surface area contributed by atoms with Crippen LogP contribution in [0.2, 0.25) is 0 Å². The monoisotopic (exact) mass is 392 g/mol. The van der Waals surface area contributed by atoms with Crippen molar-refractivity contribution < 1.29 is 8.42 Å². The molecule has 6 nitrogen and oxygen atoms in total. The van der Waals surface area contributed by atoms with E-state index in [4.69, 9.17) is 0 Å². The molecule has 26 heavy (non-hydrogen) atoms. The van der Waals surface area contributed by atoms with Crippen LogP contribution in [0.4, 0.5) is 5.82 Å². The number of nitrogens with zero attached hydrogens (tertiary/aromatic N) is 3. The SMILES string of the molecule is Cc1ccc(S(=O)(=O)n2ccc3c(N4CCNCC4)nccc32)cc1.Cl. The van der Waals surface area contributed by atoms with E-state index in [0.717, 1.165) is 42.9 Å². The van der Waals surface area contributed by atoms with E-state index in [1.807, 2.05) is 25.1 Å². The number of piperazine rings is 1. The smallest absolute Gasteiger partial charge is 0.268 e. The highest BCUT2D eigenvalue weighted by molar-refractivity contribution is 7.90. The Morgan fingerprint density at radius 2 is 1.73 bits per heavy atom. The summed E-state index contributed by atoms with van der Waals surface area (Å²) in [6, 6.07) is 10.5. The molecule has 1 fully saturated rings. The highest BCUT2D eigenvalue weighted by Crippen LogP contribution is 2.28. The van der Waals surface area contributed by atoms with Gasteiger partial charge in [0, 0.05) is 44.0 Å². The van der Waals surface area contributed by atoms with Gasteiger partial charge in [-0.1, -0.05) is 17.7 Å². The van der Waals surface area contributed by atoms with Gasteiger partial charge < -0.3 is 10.2 Å². The Kier molecular flexibility index (Phi) is 5.22. The summed E-state index contributed by atoms with van der Waals surface area (Å²) >= 11 is 0. The van der Waals surface area contributed by atoms with Crippen LogP contribution in [0.15, 0.2) is 53.7 Å². The first-order chi connectivity index (χ1) is 12.1. The zero-order valence-electron chi connectivity index (χ0n) is 14.4. The van der Waals surface area contributed by atoms with Crippen LogP contribution in [0.5, 0.6) is 0 Å². The molecule has 1 aliphatic heterocycles. The molecule has 0 unspecified atom stereocenters. The second-order valence-electron chi connectivity index (χ2n) is 6.23. The van der Waals surface area contributed by atoms with Gasteiger partial charge in [0.25, 0.3) is 10.0 Å². The Labute approximate surface area is 159 Å². The van der Waals surface area contributed by atoms with E-state index in [1.165, 1.54) is 3.97 Å². The van der Waals surface area contributed by atoms with Crippen LogP contribution in [0.1, 0.15) is 5.56 Å². The van der Waals surface area contributed by atoms with Crippen LogP contribution in [0.3, 0.4) is 0 Å². The van der Waals surface area contributed by atoms with Gasteiger partial charge in [-0.15, -0.1) is 12.4 Å². The first-order valence-corrected chi connectivity index (χ1v) is 9.75. The van der Waals surface area contributed by atoms with Gasteiger partial charge in [0.15, 0.2) is 0 Å². The Balaban J connectivity index is 0.00000196. The number of pyridine rings is 1. The van der Waals surface area contributed by atoms with Gasteiger partial charge in [0.1, 0.15) is 5.82 Å². The van der Waals surface area contributed by atoms with Crippen molar-refractivity contribution in [3.05, 3.63) is 54.4 Å². The highest BCUT2D eigenvalue weighted by atomic mass is 35.5. The van der Waals surface area contributed by atoms with Gasteiger partial charge >= 0.3 is 0 Å². The molecule has 3 aromatic rings. The first kappa shape index (κ1) is 18.7. The van der Waals surface area contributed by atoms with Gasteiger partial charge in [-0.25, -0.2) is 17.4 Å². The Bertz CT molecular complexity index is 1010. The molecular formula is C18H21ClN4O2S. The fourth-order valence-corrected chi connectivity index (χ4v) is 4.54. The minimum absolute atomic E-state index is 0. The van der Waals surface area contributed by atoms with Gasteiger partial charge in [0.05, 0.1) is 10.4 Å². The predicted octanol–water partition coefficient (Wildman–Crippen LogP) is 2.41. The van der Waals surface area contributed by atoms with Crippen LogP contribution in [-0.2, 0) is 10.0 Å². The molecule has 0 amide bonds. The molecule has 0 spiro atoms. The molecule has 3 heterocycles. The van der Waals surface area contributed by atoms with Crippen LogP contribution in [-0.4, -0.2) is 43.6 Å². The molecule has 1 aromatic carbocycles. The fraction of sp³-hybridized carbons (Fsp3) is 0.278. The maximum atomic E-state index is 13.0. The summed E-state index contributed by atoms with van der Waals surface area (Å²) < 4.78 is 27.4. The lowest BCUT2D eigenvalue weighted by Crippen LogP contribution is -2.43. The maximum Gasteiger partial charge on any atom is 0.268 e. The zero-order valence-corrected chi connectivity index (χ0v) is 16.1. The molecule has 0 radical (unpaired) electrons. The summed E-state index contributed by atoms with van der Waals surface area (Å²) in [6.45, 7) is 5.47. The largest absolute Gasteiger partial charge is 0.354 e. The first-order valence-electron chi connectivity index (χ1n) is 8.31. The zero-order chi connectivity index (χ0) is 17.4. The molecule has 0 saturated carbocycles. The normalized spacial score (nSPS) is 15.0. The van der Waals surface area contributed by atoms with E-state index >= 15 is 0 Å². The molecule has 4 rings (SSSR count). The third kappa shape index (κ3) is 3.18. The van der Waals surface area contributed by atoms with Crippen molar-refractivity contribution in [1.29, 1.82) is 0 Å². The second-order valence-corrected chi connectivity index (χ2v) is 8.05. The molecule has 8 heteroatoms. The summed E-state index contributed by atoms with van der Waals surface area (Å²) in [4.78, 5) is 6.98. The number of hydrogen-bond donors (Lipinski definition) is 1. The molecular weight excluding hydrogens is 372 g/mol. The van der Waals surface area contributed by atoms with E-state index in [9.17, 15) is 8.42 Å². The van der Waals surface area contributed by atoms with Gasteiger partial charge in [0.2, 0.25) is 0 Å². The van der Waals surface area contributed by atoms with Crippen LogP contribution in [0, 0.1) is 6.92 Å². The summed E-state index contributed by atoms with van der Waals surface area (Å²) in [5.41, 5.74) is 1.69. The summed E-state index contributed by atoms with van der Waals surface area (Å²) in [5.74, 6) is 0.844. The molecule has 138 valence electrons. The third-order valence-electron chi connectivity index (χ3n) is 4.55. The quantitative estimate of drug-likeness (QED) is 0.741. The molecule has 1 saturated heterocycles. The van der Waals surface area contributed by atoms with Gasteiger partial charge in [-0.05, 0) is 31.2 Å². The Hall–Kier alpha value is -2.09. The lowest BCUT2D eigenvalue weighted by Gasteiger charge is -2.28. The fourth-order valence-electron chi connectivity index (χ4n) is 3.19. The number of aryl methyl sites for hydroxylation is 1. The van der Waals surface area contributed by atoms with Gasteiger partial charge in [-0.3, -0.25) is 0 Å². The average Bonchev–Trinajstić information content (AvgIpc) is 3.08. The lowest BCUT2D eigenvalue weighted by molar-refractivity contribution is 0.586. The molecule has 2 aromatic heterocycles. The van der Waals surface area contributed by atoms with E-state index in [2.05, 4.69) is 15.2 Å². The topological polar surface area (TPSA) is 67.2 Å². The van der Waals surface area contributed by atoms with Crippen LogP contribution >= 0.6 is 12.4 Å². The number of aromatic nitrogens is 2. The van der Waals surface area contributed by atoms with Crippen molar-refractivity contribution in [2.75, 3.05) is 31.1 Å². The van der Waals surface area contributed by atoms with Crippen molar-refractivity contribution in [2.24, 2.45) is 0 Å². The van der Waals surface area contributed by atoms with Gasteiger partial charge in [-0.2, -0.15) is 0 Å². The second kappa shape index (κ2) is 7.26. The Morgan fingerprint density at radius 1 is 1.04 bits per heavy atom. The van der Waals surface area contributed by atoms with E-state index in [0.29, 0.717) is 5.52 Å². The van der Waals surface area contributed by atoms with Crippen molar-refractivity contribution in [3.63, 3.8) is 0 Å². The number of halogens is 1. The molecule has 0 atom stereocenters.